The molecule has 148 valence electrons. The van der Waals surface area contributed by atoms with Crippen LogP contribution < -0.4 is 5.73 Å². The maximum Gasteiger partial charge on any atom is 0.264 e. The number of pyridine rings is 1. The molecule has 0 spiro atoms. The van der Waals surface area contributed by atoms with Gasteiger partial charge in [-0.15, -0.1) is 11.3 Å². The minimum absolute atomic E-state index is 0.133. The number of nitrogens with two attached hydrogens (primary N) is 1. The zero-order valence-electron chi connectivity index (χ0n) is 17.0. The first-order valence-corrected chi connectivity index (χ1v) is 10.8. The van der Waals surface area contributed by atoms with Crippen LogP contribution in [-0.2, 0) is 0 Å². The lowest BCUT2D eigenvalue weighted by Crippen LogP contribution is -2.42. The Hall–Kier alpha value is -2.18. The van der Waals surface area contributed by atoms with E-state index in [0.717, 1.165) is 59.0 Å². The van der Waals surface area contributed by atoms with E-state index >= 15 is 0 Å². The second kappa shape index (κ2) is 7.33. The van der Waals surface area contributed by atoms with Crippen LogP contribution in [-0.4, -0.2) is 39.9 Å². The summed E-state index contributed by atoms with van der Waals surface area (Å²) in [5, 5.41) is 0. The van der Waals surface area contributed by atoms with Crippen molar-refractivity contribution >= 4 is 27.5 Å². The van der Waals surface area contributed by atoms with Crippen molar-refractivity contribution in [3.8, 4) is 11.3 Å². The van der Waals surface area contributed by atoms with Gasteiger partial charge in [0.05, 0.1) is 20.8 Å². The van der Waals surface area contributed by atoms with Crippen molar-refractivity contribution in [1.29, 1.82) is 0 Å². The molecule has 28 heavy (non-hydrogen) atoms. The summed E-state index contributed by atoms with van der Waals surface area (Å²) >= 11 is 1.61. The van der Waals surface area contributed by atoms with Gasteiger partial charge in [-0.3, -0.25) is 9.78 Å². The van der Waals surface area contributed by atoms with Crippen molar-refractivity contribution in [2.45, 2.75) is 52.5 Å². The highest BCUT2D eigenvalue weighted by molar-refractivity contribution is 7.21. The fraction of sp³-hybridized carbons (Fsp3) is 0.455. The van der Waals surface area contributed by atoms with Crippen molar-refractivity contribution in [2.75, 3.05) is 13.1 Å². The van der Waals surface area contributed by atoms with Crippen LogP contribution in [0.25, 0.3) is 21.5 Å². The monoisotopic (exact) mass is 396 g/mol. The van der Waals surface area contributed by atoms with E-state index < -0.39 is 0 Å². The average Bonchev–Trinajstić information content (AvgIpc) is 3.18. The summed E-state index contributed by atoms with van der Waals surface area (Å²) in [6.45, 7) is 9.98. The first-order valence-electron chi connectivity index (χ1n) is 9.99. The van der Waals surface area contributed by atoms with E-state index in [9.17, 15) is 4.79 Å². The Kier molecular flexibility index (Phi) is 5.02. The fourth-order valence-corrected chi connectivity index (χ4v) is 5.40. The number of likely N-dealkylation sites (tertiary alicyclic amines) is 1. The van der Waals surface area contributed by atoms with Crippen molar-refractivity contribution in [3.05, 3.63) is 40.0 Å². The molecule has 1 amide bonds. The van der Waals surface area contributed by atoms with Crippen LogP contribution in [0, 0.1) is 13.8 Å². The SMILES string of the molecule is Cc1cc(-c2[nH]c3cc(C(=O)N4CCC(N)CC4)sc3c2C(C)C)cc(C)n1. The van der Waals surface area contributed by atoms with E-state index in [4.69, 9.17) is 5.73 Å². The molecule has 3 aromatic heterocycles. The molecule has 0 radical (unpaired) electrons. The Morgan fingerprint density at radius 3 is 2.46 bits per heavy atom. The van der Waals surface area contributed by atoms with Gasteiger partial charge in [0.15, 0.2) is 0 Å². The number of piperidine rings is 1. The number of amides is 1. The molecule has 4 heterocycles. The van der Waals surface area contributed by atoms with Crippen molar-refractivity contribution < 1.29 is 4.79 Å². The molecule has 3 aromatic rings. The predicted octanol–water partition coefficient (Wildman–Crippen LogP) is 4.59. The second-order valence-electron chi connectivity index (χ2n) is 8.19. The number of aryl methyl sites for hydroxylation is 2. The zero-order valence-corrected chi connectivity index (χ0v) is 17.8. The summed E-state index contributed by atoms with van der Waals surface area (Å²) < 4.78 is 1.19. The molecule has 1 aliphatic rings. The van der Waals surface area contributed by atoms with Crippen LogP contribution in [0.3, 0.4) is 0 Å². The molecule has 0 bridgehead atoms. The van der Waals surface area contributed by atoms with Crippen LogP contribution in [0.1, 0.15) is 59.2 Å². The van der Waals surface area contributed by atoms with Crippen molar-refractivity contribution in [2.24, 2.45) is 5.73 Å². The number of hydrogen-bond donors (Lipinski definition) is 2. The summed E-state index contributed by atoms with van der Waals surface area (Å²) in [7, 11) is 0. The van der Waals surface area contributed by atoms with Gasteiger partial charge in [0.2, 0.25) is 0 Å². The standard InChI is InChI=1S/C22H28N4OS/c1-12(2)19-20(15-9-13(3)24-14(4)10-15)25-17-11-18(28-21(17)19)22(27)26-7-5-16(23)6-8-26/h9-12,16,25H,5-8,23H2,1-4H3. The topological polar surface area (TPSA) is 75.0 Å². The quantitative estimate of drug-likeness (QED) is 0.680. The minimum atomic E-state index is 0.133. The van der Waals surface area contributed by atoms with Gasteiger partial charge in [-0.05, 0) is 56.4 Å². The third kappa shape index (κ3) is 3.47. The lowest BCUT2D eigenvalue weighted by Gasteiger charge is -2.29. The van der Waals surface area contributed by atoms with E-state index in [0.29, 0.717) is 5.92 Å². The fourth-order valence-electron chi connectivity index (χ4n) is 4.12. The lowest BCUT2D eigenvalue weighted by atomic mass is 9.99. The van der Waals surface area contributed by atoms with Gasteiger partial charge in [-0.25, -0.2) is 0 Å². The molecule has 0 unspecified atom stereocenters. The molecule has 0 aliphatic carbocycles. The first-order chi connectivity index (χ1) is 13.3. The van der Waals surface area contributed by atoms with E-state index in [1.165, 1.54) is 10.3 Å². The minimum Gasteiger partial charge on any atom is -0.354 e. The van der Waals surface area contributed by atoms with Crippen LogP contribution in [0.4, 0.5) is 0 Å². The van der Waals surface area contributed by atoms with Gasteiger partial charge >= 0.3 is 0 Å². The average molecular weight is 397 g/mol. The smallest absolute Gasteiger partial charge is 0.264 e. The Morgan fingerprint density at radius 2 is 1.86 bits per heavy atom. The zero-order chi connectivity index (χ0) is 20.0. The molecule has 1 saturated heterocycles. The Balaban J connectivity index is 1.74. The first kappa shape index (κ1) is 19.2. The molecule has 3 N–H and O–H groups in total. The molecular weight excluding hydrogens is 368 g/mol. The number of H-pyrrole nitrogens is 1. The van der Waals surface area contributed by atoms with Gasteiger partial charge in [-0.1, -0.05) is 13.8 Å². The molecular formula is C22H28N4OS. The van der Waals surface area contributed by atoms with Crippen molar-refractivity contribution in [1.82, 2.24) is 14.9 Å². The Morgan fingerprint density at radius 1 is 1.21 bits per heavy atom. The normalized spacial score (nSPS) is 15.7. The number of thiophene rings is 1. The molecule has 0 saturated carbocycles. The molecule has 0 atom stereocenters. The third-order valence-corrected chi connectivity index (χ3v) is 6.65. The summed E-state index contributed by atoms with van der Waals surface area (Å²) in [6.07, 6.45) is 1.77. The van der Waals surface area contributed by atoms with Crippen LogP contribution >= 0.6 is 11.3 Å². The van der Waals surface area contributed by atoms with Gasteiger partial charge in [-0.2, -0.15) is 0 Å². The maximum atomic E-state index is 13.0. The van der Waals surface area contributed by atoms with Gasteiger partial charge in [0.25, 0.3) is 5.91 Å². The summed E-state index contributed by atoms with van der Waals surface area (Å²) in [4.78, 5) is 23.8. The molecule has 4 rings (SSSR count). The number of nitrogens with one attached hydrogen (secondary N) is 1. The number of aromatic amines is 1. The number of carbonyl (C=O) groups is 1. The molecule has 6 heteroatoms. The van der Waals surface area contributed by atoms with Gasteiger partial charge in [0.1, 0.15) is 0 Å². The van der Waals surface area contributed by atoms with Gasteiger partial charge in [0, 0.05) is 36.1 Å². The summed E-state index contributed by atoms with van der Waals surface area (Å²) in [6, 6.07) is 6.49. The number of aromatic nitrogens is 2. The number of hydrogen-bond acceptors (Lipinski definition) is 4. The van der Waals surface area contributed by atoms with Crippen molar-refractivity contribution in [3.63, 3.8) is 0 Å². The number of carbonyl (C=O) groups excluding carboxylic acids is 1. The Bertz CT molecular complexity index is 1000. The Labute approximate surface area is 170 Å². The largest absolute Gasteiger partial charge is 0.354 e. The van der Waals surface area contributed by atoms with E-state index in [-0.39, 0.29) is 11.9 Å². The highest BCUT2D eigenvalue weighted by Crippen LogP contribution is 2.40. The van der Waals surface area contributed by atoms with Gasteiger partial charge < -0.3 is 15.6 Å². The maximum absolute atomic E-state index is 13.0. The molecule has 0 aromatic carbocycles. The third-order valence-electron chi connectivity index (χ3n) is 5.49. The molecule has 1 fully saturated rings. The number of fused-ring (bicyclic) bond motifs is 1. The number of rotatable bonds is 3. The second-order valence-corrected chi connectivity index (χ2v) is 9.24. The molecule has 5 nitrogen and oxygen atoms in total. The highest BCUT2D eigenvalue weighted by atomic mass is 32.1. The highest BCUT2D eigenvalue weighted by Gasteiger charge is 2.25. The van der Waals surface area contributed by atoms with Crippen LogP contribution in [0.15, 0.2) is 18.2 Å². The van der Waals surface area contributed by atoms with E-state index in [1.807, 2.05) is 24.8 Å². The summed E-state index contributed by atoms with van der Waals surface area (Å²) in [5.74, 6) is 0.487. The molecule has 1 aliphatic heterocycles. The summed E-state index contributed by atoms with van der Waals surface area (Å²) in [5.41, 5.74) is 12.7. The lowest BCUT2D eigenvalue weighted by molar-refractivity contribution is 0.0719. The van der Waals surface area contributed by atoms with Crippen LogP contribution in [0.2, 0.25) is 0 Å². The van der Waals surface area contributed by atoms with Crippen LogP contribution in [0.5, 0.6) is 0 Å². The van der Waals surface area contributed by atoms with E-state index in [2.05, 4.69) is 35.9 Å². The number of nitrogens with zero attached hydrogens (tertiary/aromatic N) is 2. The van der Waals surface area contributed by atoms with E-state index in [1.54, 1.807) is 11.3 Å². The predicted molar refractivity (Wildman–Crippen MR) is 116 cm³/mol.